The third-order valence-electron chi connectivity index (χ3n) is 6.37. The zero-order chi connectivity index (χ0) is 15.2. The summed E-state index contributed by atoms with van der Waals surface area (Å²) in [5, 5.41) is 0. The number of nitrogens with zero attached hydrogens (tertiary/aromatic N) is 1. The van der Waals surface area contributed by atoms with E-state index < -0.39 is 0 Å². The number of piperidine rings is 1. The molecule has 0 aromatic carbocycles. The SMILES string of the molecule is CCC(C)C1CCC(CN2CCC(CC(C)C)CC2)CC1. The largest absolute Gasteiger partial charge is 0.303 e. The number of likely N-dealkylation sites (tertiary alicyclic amines) is 1. The van der Waals surface area contributed by atoms with Gasteiger partial charge in [0.15, 0.2) is 0 Å². The van der Waals surface area contributed by atoms with Crippen molar-refractivity contribution in [3.63, 3.8) is 0 Å². The summed E-state index contributed by atoms with van der Waals surface area (Å²) < 4.78 is 0. The number of hydrogen-bond donors (Lipinski definition) is 0. The van der Waals surface area contributed by atoms with Gasteiger partial charge in [0, 0.05) is 6.54 Å². The Bertz CT molecular complexity index is 270. The summed E-state index contributed by atoms with van der Waals surface area (Å²) >= 11 is 0. The van der Waals surface area contributed by atoms with E-state index in [1.807, 2.05) is 0 Å². The lowest BCUT2D eigenvalue weighted by Gasteiger charge is -2.38. The molecule has 0 aromatic rings. The molecule has 0 bridgehead atoms. The fourth-order valence-corrected chi connectivity index (χ4v) is 4.71. The first-order chi connectivity index (χ1) is 10.1. The van der Waals surface area contributed by atoms with Gasteiger partial charge in [0.2, 0.25) is 0 Å². The molecule has 1 heterocycles. The van der Waals surface area contributed by atoms with Gasteiger partial charge in [0.1, 0.15) is 0 Å². The zero-order valence-corrected chi connectivity index (χ0v) is 15.1. The molecule has 0 spiro atoms. The summed E-state index contributed by atoms with van der Waals surface area (Å²) in [6.45, 7) is 13.7. The summed E-state index contributed by atoms with van der Waals surface area (Å²) in [5.74, 6) is 4.90. The molecule has 2 fully saturated rings. The van der Waals surface area contributed by atoms with Crippen LogP contribution in [0.2, 0.25) is 0 Å². The Labute approximate surface area is 133 Å². The molecule has 2 aliphatic rings. The molecule has 124 valence electrons. The van der Waals surface area contributed by atoms with E-state index in [1.165, 1.54) is 71.0 Å². The Balaban J connectivity index is 1.64. The third kappa shape index (κ3) is 5.58. The monoisotopic (exact) mass is 293 g/mol. The van der Waals surface area contributed by atoms with Crippen LogP contribution in [-0.2, 0) is 0 Å². The second-order valence-corrected chi connectivity index (χ2v) is 8.54. The molecule has 1 aliphatic heterocycles. The van der Waals surface area contributed by atoms with E-state index in [2.05, 4.69) is 32.6 Å². The van der Waals surface area contributed by atoms with Crippen LogP contribution in [0.1, 0.15) is 79.1 Å². The lowest BCUT2D eigenvalue weighted by molar-refractivity contribution is 0.120. The smallest absolute Gasteiger partial charge is 0.000966 e. The Kier molecular flexibility index (Phi) is 7.05. The molecule has 1 nitrogen and oxygen atoms in total. The first-order valence-electron chi connectivity index (χ1n) is 9.80. The van der Waals surface area contributed by atoms with Gasteiger partial charge < -0.3 is 4.90 Å². The van der Waals surface area contributed by atoms with Crippen molar-refractivity contribution < 1.29 is 0 Å². The van der Waals surface area contributed by atoms with Crippen LogP contribution >= 0.6 is 0 Å². The van der Waals surface area contributed by atoms with Crippen LogP contribution in [0.5, 0.6) is 0 Å². The highest BCUT2D eigenvalue weighted by Gasteiger charge is 2.27. The molecule has 0 radical (unpaired) electrons. The fraction of sp³-hybridized carbons (Fsp3) is 1.00. The predicted molar refractivity (Wildman–Crippen MR) is 93.5 cm³/mol. The second kappa shape index (κ2) is 8.56. The van der Waals surface area contributed by atoms with E-state index in [1.54, 1.807) is 0 Å². The number of hydrogen-bond acceptors (Lipinski definition) is 1. The van der Waals surface area contributed by atoms with E-state index in [-0.39, 0.29) is 0 Å². The highest BCUT2D eigenvalue weighted by Crippen LogP contribution is 2.35. The van der Waals surface area contributed by atoms with Gasteiger partial charge in [-0.2, -0.15) is 0 Å². The van der Waals surface area contributed by atoms with Crippen LogP contribution in [-0.4, -0.2) is 24.5 Å². The maximum absolute atomic E-state index is 2.78. The Morgan fingerprint density at radius 2 is 1.48 bits per heavy atom. The average molecular weight is 294 g/mol. The Morgan fingerprint density at radius 1 is 0.857 bits per heavy atom. The van der Waals surface area contributed by atoms with Crippen LogP contribution in [0.15, 0.2) is 0 Å². The van der Waals surface area contributed by atoms with Gasteiger partial charge in [-0.15, -0.1) is 0 Å². The van der Waals surface area contributed by atoms with Crippen LogP contribution in [0.3, 0.4) is 0 Å². The second-order valence-electron chi connectivity index (χ2n) is 8.54. The van der Waals surface area contributed by atoms with Crippen molar-refractivity contribution in [3.8, 4) is 0 Å². The lowest BCUT2D eigenvalue weighted by Crippen LogP contribution is -2.38. The average Bonchev–Trinajstić information content (AvgIpc) is 2.49. The molecule has 21 heavy (non-hydrogen) atoms. The van der Waals surface area contributed by atoms with Crippen LogP contribution in [0.25, 0.3) is 0 Å². The molecular weight excluding hydrogens is 254 g/mol. The zero-order valence-electron chi connectivity index (χ0n) is 15.1. The van der Waals surface area contributed by atoms with Crippen molar-refractivity contribution >= 4 is 0 Å². The molecule has 1 heteroatoms. The molecule has 0 amide bonds. The fourth-order valence-electron chi connectivity index (χ4n) is 4.71. The quantitative estimate of drug-likeness (QED) is 0.616. The normalized spacial score (nSPS) is 30.7. The topological polar surface area (TPSA) is 3.24 Å². The van der Waals surface area contributed by atoms with Gasteiger partial charge in [0.05, 0.1) is 0 Å². The minimum absolute atomic E-state index is 0.886. The third-order valence-corrected chi connectivity index (χ3v) is 6.37. The van der Waals surface area contributed by atoms with Gasteiger partial charge >= 0.3 is 0 Å². The molecular formula is C20H39N. The molecule has 1 saturated carbocycles. The predicted octanol–water partition coefficient (Wildman–Crippen LogP) is 5.60. The van der Waals surface area contributed by atoms with Gasteiger partial charge in [0.25, 0.3) is 0 Å². The summed E-state index contributed by atoms with van der Waals surface area (Å²) in [5.41, 5.74) is 0. The summed E-state index contributed by atoms with van der Waals surface area (Å²) in [6.07, 6.45) is 11.8. The van der Waals surface area contributed by atoms with Crippen molar-refractivity contribution in [2.45, 2.75) is 79.1 Å². The van der Waals surface area contributed by atoms with Gasteiger partial charge in [-0.3, -0.25) is 0 Å². The number of rotatable bonds is 6. The molecule has 1 atom stereocenters. The molecule has 1 unspecified atom stereocenters. The summed E-state index contributed by atoms with van der Waals surface area (Å²) in [4.78, 5) is 2.78. The summed E-state index contributed by atoms with van der Waals surface area (Å²) in [7, 11) is 0. The van der Waals surface area contributed by atoms with Crippen LogP contribution in [0, 0.1) is 29.6 Å². The Morgan fingerprint density at radius 3 is 2.00 bits per heavy atom. The highest BCUT2D eigenvalue weighted by atomic mass is 15.1. The minimum atomic E-state index is 0.886. The Hall–Kier alpha value is -0.0400. The molecule has 2 rings (SSSR count). The van der Waals surface area contributed by atoms with Crippen molar-refractivity contribution in [1.82, 2.24) is 4.90 Å². The molecule has 0 N–H and O–H groups in total. The minimum Gasteiger partial charge on any atom is -0.303 e. The van der Waals surface area contributed by atoms with E-state index in [0.29, 0.717) is 0 Å². The van der Waals surface area contributed by atoms with E-state index in [0.717, 1.165) is 29.6 Å². The first kappa shape index (κ1) is 17.3. The van der Waals surface area contributed by atoms with Crippen LogP contribution < -0.4 is 0 Å². The first-order valence-corrected chi connectivity index (χ1v) is 9.80. The van der Waals surface area contributed by atoms with Crippen molar-refractivity contribution in [2.24, 2.45) is 29.6 Å². The highest BCUT2D eigenvalue weighted by molar-refractivity contribution is 4.80. The summed E-state index contributed by atoms with van der Waals surface area (Å²) in [6, 6.07) is 0. The maximum Gasteiger partial charge on any atom is 0.000966 e. The van der Waals surface area contributed by atoms with Gasteiger partial charge in [-0.1, -0.05) is 34.1 Å². The van der Waals surface area contributed by atoms with Gasteiger partial charge in [-0.25, -0.2) is 0 Å². The van der Waals surface area contributed by atoms with Crippen molar-refractivity contribution in [1.29, 1.82) is 0 Å². The lowest BCUT2D eigenvalue weighted by atomic mass is 9.75. The molecule has 1 saturated heterocycles. The van der Waals surface area contributed by atoms with E-state index >= 15 is 0 Å². The maximum atomic E-state index is 2.78. The van der Waals surface area contributed by atoms with E-state index in [4.69, 9.17) is 0 Å². The standard InChI is InChI=1S/C20H39N/c1-5-17(4)20-8-6-19(7-9-20)15-21-12-10-18(11-13-21)14-16(2)3/h16-20H,5-15H2,1-4H3. The van der Waals surface area contributed by atoms with E-state index in [9.17, 15) is 0 Å². The van der Waals surface area contributed by atoms with Crippen LogP contribution in [0.4, 0.5) is 0 Å². The van der Waals surface area contributed by atoms with Crippen molar-refractivity contribution in [2.75, 3.05) is 19.6 Å². The van der Waals surface area contributed by atoms with Crippen molar-refractivity contribution in [3.05, 3.63) is 0 Å². The molecule has 0 aromatic heterocycles. The van der Waals surface area contributed by atoms with Gasteiger partial charge in [-0.05, 0) is 87.6 Å². The molecule has 1 aliphatic carbocycles.